The molecule has 0 spiro atoms. The first-order valence-electron chi connectivity index (χ1n) is 9.65. The van der Waals surface area contributed by atoms with Gasteiger partial charge >= 0.3 is 0 Å². The third-order valence-corrected chi connectivity index (χ3v) is 5.74. The molecule has 8 heteroatoms. The van der Waals surface area contributed by atoms with E-state index in [4.69, 9.17) is 4.74 Å². The number of amides is 1. The van der Waals surface area contributed by atoms with E-state index in [1.165, 1.54) is 11.8 Å². The molecule has 7 nitrogen and oxygen atoms in total. The molecular formula is C21H23N5O2S. The van der Waals surface area contributed by atoms with Crippen LogP contribution in [0, 0.1) is 6.92 Å². The summed E-state index contributed by atoms with van der Waals surface area (Å²) in [6, 6.07) is 11.9. The number of hydrogen-bond donors (Lipinski definition) is 1. The van der Waals surface area contributed by atoms with Gasteiger partial charge in [-0.05, 0) is 43.5 Å². The topological polar surface area (TPSA) is 81.9 Å². The first-order valence-corrected chi connectivity index (χ1v) is 10.6. The van der Waals surface area contributed by atoms with Crippen molar-refractivity contribution in [3.8, 4) is 17.1 Å². The van der Waals surface area contributed by atoms with Gasteiger partial charge in [-0.25, -0.2) is 0 Å². The van der Waals surface area contributed by atoms with Crippen molar-refractivity contribution in [1.82, 2.24) is 25.1 Å². The quantitative estimate of drug-likeness (QED) is 0.604. The number of carbonyl (C=O) groups excluding carboxylic acids is 1. The zero-order valence-corrected chi connectivity index (χ0v) is 17.1. The minimum Gasteiger partial charge on any atom is -0.376 e. The standard InChI is InChI=1S/C21H23N5O2S/c1-15-5-2-3-7-18(15)26-20(16-8-10-22-11-9-16)24-25-21(26)29-14-19(27)23-13-17-6-4-12-28-17/h2-3,5,7-11,17H,4,6,12-14H2,1H3,(H,23,27)/t17-/m0/s1. The number of aryl methyl sites for hydroxylation is 1. The van der Waals surface area contributed by atoms with Crippen molar-refractivity contribution in [3.63, 3.8) is 0 Å². The smallest absolute Gasteiger partial charge is 0.230 e. The van der Waals surface area contributed by atoms with E-state index in [0.29, 0.717) is 11.7 Å². The summed E-state index contributed by atoms with van der Waals surface area (Å²) < 4.78 is 7.56. The molecule has 4 rings (SSSR count). The van der Waals surface area contributed by atoms with Crippen LogP contribution in [0.3, 0.4) is 0 Å². The fraction of sp³-hybridized carbons (Fsp3) is 0.333. The number of aromatic nitrogens is 4. The Kier molecular flexibility index (Phi) is 6.21. The number of rotatable bonds is 7. The van der Waals surface area contributed by atoms with Crippen molar-refractivity contribution >= 4 is 17.7 Å². The zero-order valence-electron chi connectivity index (χ0n) is 16.2. The fourth-order valence-electron chi connectivity index (χ4n) is 3.30. The van der Waals surface area contributed by atoms with E-state index in [0.717, 1.165) is 42.1 Å². The maximum atomic E-state index is 12.3. The molecule has 0 bridgehead atoms. The van der Waals surface area contributed by atoms with Crippen LogP contribution in [0.25, 0.3) is 17.1 Å². The predicted octanol–water partition coefficient (Wildman–Crippen LogP) is 3.03. The van der Waals surface area contributed by atoms with Gasteiger partial charge in [0, 0.05) is 31.1 Å². The van der Waals surface area contributed by atoms with E-state index in [-0.39, 0.29) is 17.8 Å². The Morgan fingerprint density at radius 1 is 1.24 bits per heavy atom. The van der Waals surface area contributed by atoms with Gasteiger partial charge in [0.1, 0.15) is 0 Å². The molecule has 1 aliphatic rings. The van der Waals surface area contributed by atoms with E-state index in [9.17, 15) is 4.79 Å². The minimum absolute atomic E-state index is 0.0321. The highest BCUT2D eigenvalue weighted by Crippen LogP contribution is 2.29. The highest BCUT2D eigenvalue weighted by atomic mass is 32.2. The van der Waals surface area contributed by atoms with Crippen LogP contribution < -0.4 is 5.32 Å². The Hall–Kier alpha value is -2.71. The molecule has 150 valence electrons. The van der Waals surface area contributed by atoms with Crippen LogP contribution in [0.1, 0.15) is 18.4 Å². The highest BCUT2D eigenvalue weighted by molar-refractivity contribution is 7.99. The number of nitrogens with zero attached hydrogens (tertiary/aromatic N) is 4. The van der Waals surface area contributed by atoms with Crippen LogP contribution in [-0.2, 0) is 9.53 Å². The van der Waals surface area contributed by atoms with Crippen LogP contribution >= 0.6 is 11.8 Å². The Balaban J connectivity index is 1.54. The third kappa shape index (κ3) is 4.65. The average molecular weight is 410 g/mol. The average Bonchev–Trinajstić information content (AvgIpc) is 3.42. The fourth-order valence-corrected chi connectivity index (χ4v) is 4.07. The second-order valence-corrected chi connectivity index (χ2v) is 7.83. The van der Waals surface area contributed by atoms with Crippen LogP contribution in [-0.4, -0.2) is 50.7 Å². The second kappa shape index (κ2) is 9.19. The van der Waals surface area contributed by atoms with Crippen LogP contribution in [0.2, 0.25) is 0 Å². The van der Waals surface area contributed by atoms with Crippen LogP contribution in [0.15, 0.2) is 53.9 Å². The Bertz CT molecular complexity index is 970. The molecule has 1 aromatic carbocycles. The summed E-state index contributed by atoms with van der Waals surface area (Å²) in [5, 5.41) is 12.4. The first-order chi connectivity index (χ1) is 14.2. The maximum Gasteiger partial charge on any atom is 0.230 e. The van der Waals surface area contributed by atoms with Crippen LogP contribution in [0.4, 0.5) is 0 Å². The van der Waals surface area contributed by atoms with E-state index in [2.05, 4.69) is 33.5 Å². The molecule has 1 N–H and O–H groups in total. The number of benzene rings is 1. The Morgan fingerprint density at radius 3 is 2.83 bits per heavy atom. The Labute approximate surface area is 173 Å². The van der Waals surface area contributed by atoms with Crippen LogP contribution in [0.5, 0.6) is 0 Å². The van der Waals surface area contributed by atoms with Crippen molar-refractivity contribution in [3.05, 3.63) is 54.4 Å². The maximum absolute atomic E-state index is 12.3. The molecule has 1 atom stereocenters. The molecule has 0 aliphatic carbocycles. The monoisotopic (exact) mass is 409 g/mol. The lowest BCUT2D eigenvalue weighted by Gasteiger charge is -2.13. The van der Waals surface area contributed by atoms with E-state index >= 15 is 0 Å². The zero-order chi connectivity index (χ0) is 20.1. The first kappa shape index (κ1) is 19.6. The van der Waals surface area contributed by atoms with Crippen molar-refractivity contribution in [2.45, 2.75) is 31.0 Å². The Morgan fingerprint density at radius 2 is 2.07 bits per heavy atom. The summed E-state index contributed by atoms with van der Waals surface area (Å²) in [5.74, 6) is 0.965. The van der Waals surface area contributed by atoms with Gasteiger partial charge in [-0.3, -0.25) is 14.3 Å². The van der Waals surface area contributed by atoms with Gasteiger partial charge in [0.2, 0.25) is 5.91 Å². The van der Waals surface area contributed by atoms with Crippen molar-refractivity contribution in [2.24, 2.45) is 0 Å². The lowest BCUT2D eigenvalue weighted by Crippen LogP contribution is -2.32. The van der Waals surface area contributed by atoms with Crippen molar-refractivity contribution in [1.29, 1.82) is 0 Å². The van der Waals surface area contributed by atoms with E-state index in [1.54, 1.807) is 12.4 Å². The molecule has 1 fully saturated rings. The molecule has 3 aromatic rings. The molecule has 1 amide bonds. The molecule has 3 heterocycles. The summed E-state index contributed by atoms with van der Waals surface area (Å²) in [5.41, 5.74) is 3.02. The van der Waals surface area contributed by atoms with Gasteiger partial charge in [0.25, 0.3) is 0 Å². The normalized spacial score (nSPS) is 16.1. The number of hydrogen-bond acceptors (Lipinski definition) is 6. The summed E-state index contributed by atoms with van der Waals surface area (Å²) in [4.78, 5) is 16.4. The lowest BCUT2D eigenvalue weighted by molar-refractivity contribution is -0.119. The van der Waals surface area contributed by atoms with Gasteiger partial charge in [-0.2, -0.15) is 0 Å². The van der Waals surface area contributed by atoms with Gasteiger partial charge in [-0.1, -0.05) is 30.0 Å². The van der Waals surface area contributed by atoms with Gasteiger partial charge in [0.05, 0.1) is 17.5 Å². The van der Waals surface area contributed by atoms with Crippen molar-refractivity contribution < 1.29 is 9.53 Å². The molecule has 1 aliphatic heterocycles. The van der Waals surface area contributed by atoms with Crippen molar-refractivity contribution in [2.75, 3.05) is 18.9 Å². The van der Waals surface area contributed by atoms with Gasteiger partial charge < -0.3 is 10.1 Å². The number of nitrogens with one attached hydrogen (secondary N) is 1. The summed E-state index contributed by atoms with van der Waals surface area (Å²) in [7, 11) is 0. The number of pyridine rings is 1. The van der Waals surface area contributed by atoms with E-state index in [1.807, 2.05) is 34.9 Å². The van der Waals surface area contributed by atoms with Gasteiger partial charge in [0.15, 0.2) is 11.0 Å². The second-order valence-electron chi connectivity index (χ2n) is 6.89. The SMILES string of the molecule is Cc1ccccc1-n1c(SCC(=O)NC[C@@H]2CCCO2)nnc1-c1ccncc1. The number of carbonyl (C=O) groups is 1. The van der Waals surface area contributed by atoms with E-state index < -0.39 is 0 Å². The third-order valence-electron chi connectivity index (χ3n) is 4.81. The lowest BCUT2D eigenvalue weighted by atomic mass is 10.2. The number of ether oxygens (including phenoxy) is 1. The molecule has 1 saturated heterocycles. The largest absolute Gasteiger partial charge is 0.376 e. The summed E-state index contributed by atoms with van der Waals surface area (Å²) in [6.07, 6.45) is 5.67. The number of para-hydroxylation sites is 1. The predicted molar refractivity (Wildman–Crippen MR) is 112 cm³/mol. The summed E-state index contributed by atoms with van der Waals surface area (Å²) in [6.45, 7) is 3.40. The molecule has 29 heavy (non-hydrogen) atoms. The van der Waals surface area contributed by atoms with Gasteiger partial charge in [-0.15, -0.1) is 10.2 Å². The highest BCUT2D eigenvalue weighted by Gasteiger charge is 2.19. The molecule has 2 aromatic heterocycles. The summed E-state index contributed by atoms with van der Waals surface area (Å²) >= 11 is 1.38. The minimum atomic E-state index is -0.0321. The molecular weight excluding hydrogens is 386 g/mol. The molecule has 0 saturated carbocycles. The number of thioether (sulfide) groups is 1. The molecule has 0 unspecified atom stereocenters. The molecule has 0 radical (unpaired) electrons.